The summed E-state index contributed by atoms with van der Waals surface area (Å²) in [5, 5.41) is 0. The minimum Gasteiger partial charge on any atom is -0.337 e. The molecule has 1 fully saturated rings. The summed E-state index contributed by atoms with van der Waals surface area (Å²) in [7, 11) is 0. The molecule has 0 radical (unpaired) electrons. The van der Waals surface area contributed by atoms with Crippen molar-refractivity contribution in [1.82, 2.24) is 0 Å². The van der Waals surface area contributed by atoms with E-state index in [2.05, 4.69) is 41.5 Å². The van der Waals surface area contributed by atoms with Crippen LogP contribution in [-0.4, -0.2) is 24.3 Å². The fraction of sp³-hybridized carbons (Fsp3) is 0.688. The van der Waals surface area contributed by atoms with Crippen molar-refractivity contribution in [1.29, 1.82) is 0 Å². The Bertz CT molecular complexity index is 446. The number of carbonyl (C=O) groups excluding carboxylic acids is 1. The number of carbonyl (C=O) groups is 1. The van der Waals surface area contributed by atoms with Crippen LogP contribution in [0.1, 0.15) is 41.5 Å². The Hall–Kier alpha value is -0.930. The largest absolute Gasteiger partial charge is 0.337 e. The molecule has 19 heavy (non-hydrogen) atoms. The quantitative estimate of drug-likeness (QED) is 0.673. The number of ether oxygens (including phenoxy) is 2. The average Bonchev–Trinajstić information content (AvgIpc) is 2.66. The van der Waals surface area contributed by atoms with Crippen LogP contribution in [0.5, 0.6) is 0 Å². The van der Waals surface area contributed by atoms with Gasteiger partial charge in [0.05, 0.1) is 12.7 Å². The van der Waals surface area contributed by atoms with E-state index < -0.39 is 5.79 Å². The molecule has 0 amide bonds. The van der Waals surface area contributed by atoms with Gasteiger partial charge in [-0.2, -0.15) is 0 Å². The van der Waals surface area contributed by atoms with Crippen LogP contribution in [-0.2, 0) is 14.3 Å². The van der Waals surface area contributed by atoms with E-state index >= 15 is 0 Å². The molecular weight excluding hydrogens is 240 g/mol. The van der Waals surface area contributed by atoms with Gasteiger partial charge in [0, 0.05) is 0 Å². The summed E-state index contributed by atoms with van der Waals surface area (Å²) in [5.74, 6) is -1.32. The third-order valence-corrected chi connectivity index (χ3v) is 3.70. The molecule has 1 saturated heterocycles. The van der Waals surface area contributed by atoms with Gasteiger partial charge in [-0.25, -0.2) is 0 Å². The van der Waals surface area contributed by atoms with Gasteiger partial charge in [0.2, 0.25) is 5.78 Å². The molecule has 0 aromatic carbocycles. The summed E-state index contributed by atoms with van der Waals surface area (Å²) in [4.78, 5) is 12.2. The minimum absolute atomic E-state index is 0.0310. The number of hydrogen-bond acceptors (Lipinski definition) is 3. The highest BCUT2D eigenvalue weighted by atomic mass is 16.7. The maximum Gasteiger partial charge on any atom is 0.254 e. The number of rotatable bonds is 0. The summed E-state index contributed by atoms with van der Waals surface area (Å²) in [5.41, 5.74) is 0.999. The van der Waals surface area contributed by atoms with Crippen LogP contribution in [0.3, 0.4) is 0 Å². The summed E-state index contributed by atoms with van der Waals surface area (Å²) in [6.45, 7) is 13.1. The number of allylic oxidation sites excluding steroid dienone is 2. The van der Waals surface area contributed by atoms with Gasteiger partial charge in [-0.05, 0) is 28.6 Å². The maximum atomic E-state index is 12.2. The Balaban J connectivity index is 2.32. The SMILES string of the molecule is CC(C)(C)C1=C[C@]2(OC[C@@H](C(C)(C)C)O2)C(=O)C=C1. The fourth-order valence-electron chi connectivity index (χ4n) is 2.18. The van der Waals surface area contributed by atoms with E-state index in [4.69, 9.17) is 9.47 Å². The standard InChI is InChI=1S/C16H24O3/c1-14(2,3)11-7-8-12(17)16(9-11)18-10-13(19-16)15(4,5)6/h7-9,13H,10H2,1-6H3/t13-,16+/m0/s1. The number of ketones is 1. The lowest BCUT2D eigenvalue weighted by Gasteiger charge is -2.32. The predicted molar refractivity (Wildman–Crippen MR) is 74.7 cm³/mol. The lowest BCUT2D eigenvalue weighted by molar-refractivity contribution is -0.167. The van der Waals surface area contributed by atoms with Gasteiger partial charge < -0.3 is 9.47 Å². The maximum absolute atomic E-state index is 12.2. The lowest BCUT2D eigenvalue weighted by atomic mass is 9.82. The summed E-state index contributed by atoms with van der Waals surface area (Å²) < 4.78 is 11.8. The molecule has 106 valence electrons. The van der Waals surface area contributed by atoms with Crippen molar-refractivity contribution in [2.75, 3.05) is 6.61 Å². The molecule has 1 aliphatic carbocycles. The molecule has 1 heterocycles. The first kappa shape index (κ1) is 14.5. The van der Waals surface area contributed by atoms with Crippen LogP contribution in [0.4, 0.5) is 0 Å². The Kier molecular flexibility index (Phi) is 3.27. The van der Waals surface area contributed by atoms with Crippen LogP contribution < -0.4 is 0 Å². The van der Waals surface area contributed by atoms with Gasteiger partial charge in [0.15, 0.2) is 0 Å². The Morgan fingerprint density at radius 3 is 2.26 bits per heavy atom. The van der Waals surface area contributed by atoms with E-state index in [1.54, 1.807) is 6.08 Å². The smallest absolute Gasteiger partial charge is 0.254 e. The van der Waals surface area contributed by atoms with Gasteiger partial charge in [-0.15, -0.1) is 0 Å². The molecule has 0 aromatic rings. The van der Waals surface area contributed by atoms with Crippen LogP contribution >= 0.6 is 0 Å². The normalized spacial score (nSPS) is 32.0. The second kappa shape index (κ2) is 4.29. The monoisotopic (exact) mass is 264 g/mol. The molecule has 0 aromatic heterocycles. The Labute approximate surface area is 115 Å². The first-order valence-corrected chi connectivity index (χ1v) is 6.82. The van der Waals surface area contributed by atoms with E-state index in [0.29, 0.717) is 6.61 Å². The van der Waals surface area contributed by atoms with Gasteiger partial charge in [-0.1, -0.05) is 47.6 Å². The highest BCUT2D eigenvalue weighted by Crippen LogP contribution is 2.40. The van der Waals surface area contributed by atoms with Crippen molar-refractivity contribution in [3.8, 4) is 0 Å². The van der Waals surface area contributed by atoms with Crippen LogP contribution in [0.2, 0.25) is 0 Å². The summed E-state index contributed by atoms with van der Waals surface area (Å²) >= 11 is 0. The molecule has 0 N–H and O–H groups in total. The van der Waals surface area contributed by atoms with Crippen molar-refractivity contribution in [3.63, 3.8) is 0 Å². The number of hydrogen-bond donors (Lipinski definition) is 0. The molecule has 2 aliphatic rings. The van der Waals surface area contributed by atoms with Crippen molar-refractivity contribution < 1.29 is 14.3 Å². The van der Waals surface area contributed by atoms with Gasteiger partial charge in [0.25, 0.3) is 5.79 Å². The van der Waals surface area contributed by atoms with Gasteiger partial charge in [-0.3, -0.25) is 4.79 Å². The van der Waals surface area contributed by atoms with E-state index in [9.17, 15) is 4.79 Å². The molecule has 1 spiro atoms. The zero-order valence-electron chi connectivity index (χ0n) is 12.7. The summed E-state index contributed by atoms with van der Waals surface area (Å²) in [6.07, 6.45) is 5.22. The Morgan fingerprint density at radius 2 is 1.79 bits per heavy atom. The van der Waals surface area contributed by atoms with Crippen LogP contribution in [0.25, 0.3) is 0 Å². The highest BCUT2D eigenvalue weighted by molar-refractivity contribution is 5.99. The van der Waals surface area contributed by atoms with Crippen molar-refractivity contribution in [2.45, 2.75) is 53.4 Å². The predicted octanol–water partition coefficient (Wildman–Crippen LogP) is 3.26. The molecule has 2 rings (SSSR count). The third kappa shape index (κ3) is 2.67. The highest BCUT2D eigenvalue weighted by Gasteiger charge is 2.50. The second-order valence-electron chi connectivity index (χ2n) is 7.50. The van der Waals surface area contributed by atoms with Crippen molar-refractivity contribution in [2.24, 2.45) is 10.8 Å². The first-order valence-electron chi connectivity index (χ1n) is 6.82. The van der Waals surface area contributed by atoms with Crippen LogP contribution in [0.15, 0.2) is 23.8 Å². The van der Waals surface area contributed by atoms with E-state index in [0.717, 1.165) is 5.57 Å². The zero-order chi connectivity index (χ0) is 14.5. The summed E-state index contributed by atoms with van der Waals surface area (Å²) in [6, 6.07) is 0. The van der Waals surface area contributed by atoms with E-state index in [-0.39, 0.29) is 22.7 Å². The van der Waals surface area contributed by atoms with Crippen molar-refractivity contribution >= 4 is 5.78 Å². The van der Waals surface area contributed by atoms with E-state index in [1.165, 1.54) is 0 Å². The zero-order valence-corrected chi connectivity index (χ0v) is 12.7. The average molecular weight is 264 g/mol. The molecule has 2 atom stereocenters. The van der Waals surface area contributed by atoms with Gasteiger partial charge in [0.1, 0.15) is 0 Å². The molecule has 0 bridgehead atoms. The third-order valence-electron chi connectivity index (χ3n) is 3.70. The molecule has 3 heteroatoms. The van der Waals surface area contributed by atoms with E-state index in [1.807, 2.05) is 12.2 Å². The molecule has 3 nitrogen and oxygen atoms in total. The molecular formula is C16H24O3. The first-order chi connectivity index (χ1) is 8.55. The molecule has 1 aliphatic heterocycles. The minimum atomic E-state index is -1.20. The molecule has 0 saturated carbocycles. The fourth-order valence-corrected chi connectivity index (χ4v) is 2.18. The molecule has 0 unspecified atom stereocenters. The Morgan fingerprint density at radius 1 is 1.16 bits per heavy atom. The topological polar surface area (TPSA) is 35.5 Å². The van der Waals surface area contributed by atoms with Gasteiger partial charge >= 0.3 is 0 Å². The van der Waals surface area contributed by atoms with Crippen molar-refractivity contribution in [3.05, 3.63) is 23.8 Å². The van der Waals surface area contributed by atoms with Crippen LogP contribution in [0, 0.1) is 10.8 Å². The second-order valence-corrected chi connectivity index (χ2v) is 7.50. The lowest BCUT2D eigenvalue weighted by Crippen LogP contribution is -2.41.